The highest BCUT2D eigenvalue weighted by molar-refractivity contribution is 7.13. The molecule has 2 aliphatic heterocycles. The molecule has 0 aliphatic carbocycles. The summed E-state index contributed by atoms with van der Waals surface area (Å²) in [6, 6.07) is 16.5. The van der Waals surface area contributed by atoms with Crippen molar-refractivity contribution in [2.75, 3.05) is 76.0 Å². The fraction of sp³-hybridized carbons (Fsp3) is 0.471. The van der Waals surface area contributed by atoms with Gasteiger partial charge in [0, 0.05) is 69.1 Å². The summed E-state index contributed by atoms with van der Waals surface area (Å²) in [6.45, 7) is 15.0. The monoisotopic (exact) mass is 979 g/mol. The molecule has 18 nitrogen and oxygen atoms in total. The second-order valence-electron chi connectivity index (χ2n) is 18.8. The number of carbonyl (C=O) groups excluding carboxylic acids is 4. The summed E-state index contributed by atoms with van der Waals surface area (Å²) in [6.07, 6.45) is 0.979. The van der Waals surface area contributed by atoms with Gasteiger partial charge in [0.05, 0.1) is 73.4 Å². The predicted octanol–water partition coefficient (Wildman–Crippen LogP) is 4.41. The molecule has 7 rings (SSSR count). The van der Waals surface area contributed by atoms with E-state index in [-0.39, 0.29) is 82.3 Å². The van der Waals surface area contributed by atoms with Crippen molar-refractivity contribution in [3.8, 4) is 10.4 Å². The maximum atomic E-state index is 14.0. The Morgan fingerprint density at radius 2 is 1.69 bits per heavy atom. The molecule has 1 unspecified atom stereocenters. The lowest BCUT2D eigenvalue weighted by atomic mass is 9.85. The number of β-amino-alcohol motifs (C(OH)–C–C–N with tert-alkyl or cyclic N) is 1. The van der Waals surface area contributed by atoms with Crippen molar-refractivity contribution in [2.24, 2.45) is 5.41 Å². The number of hydrogen-bond acceptors (Lipinski definition) is 14. The number of aryl methyl sites for hydroxylation is 2. The molecule has 2 saturated heterocycles. The molecule has 5 N–H and O–H groups in total. The molecule has 0 spiro atoms. The van der Waals surface area contributed by atoms with E-state index in [1.54, 1.807) is 40.1 Å². The molecule has 19 heteroatoms. The van der Waals surface area contributed by atoms with E-state index in [0.717, 1.165) is 32.8 Å². The number of rotatable bonds is 20. The number of pyridine rings is 1. The fourth-order valence-electron chi connectivity index (χ4n) is 8.58. The Morgan fingerprint density at radius 1 is 0.957 bits per heavy atom. The zero-order valence-corrected chi connectivity index (χ0v) is 41.6. The number of ether oxygens (including phenoxy) is 3. The van der Waals surface area contributed by atoms with Gasteiger partial charge in [-0.05, 0) is 61.1 Å². The van der Waals surface area contributed by atoms with Gasteiger partial charge in [0.1, 0.15) is 23.5 Å². The number of benzene rings is 2. The topological polar surface area (TPSA) is 218 Å². The van der Waals surface area contributed by atoms with Gasteiger partial charge in [-0.25, -0.2) is 9.97 Å². The molecule has 2 aromatic carbocycles. The van der Waals surface area contributed by atoms with E-state index in [1.165, 1.54) is 4.90 Å². The van der Waals surface area contributed by atoms with Crippen molar-refractivity contribution in [3.05, 3.63) is 111 Å². The van der Waals surface area contributed by atoms with E-state index in [1.807, 2.05) is 89.5 Å². The first-order valence-corrected chi connectivity index (χ1v) is 24.7. The van der Waals surface area contributed by atoms with E-state index < -0.39 is 35.4 Å². The highest BCUT2D eigenvalue weighted by Gasteiger charge is 2.44. The minimum Gasteiger partial charge on any atom is -0.391 e. The Morgan fingerprint density at radius 3 is 2.40 bits per heavy atom. The molecular formula is C51H65N9O9S. The molecule has 5 heterocycles. The Bertz CT molecular complexity index is 2680. The van der Waals surface area contributed by atoms with Gasteiger partial charge in [-0.15, -0.1) is 11.3 Å². The van der Waals surface area contributed by atoms with Crippen LogP contribution in [0.4, 0.5) is 11.5 Å². The lowest BCUT2D eigenvalue weighted by molar-refractivity contribution is -0.144. The van der Waals surface area contributed by atoms with Gasteiger partial charge in [-0.1, -0.05) is 57.2 Å². The average molecular weight is 980 g/mol. The number of hydrogen-bond donors (Lipinski definition) is 5. The van der Waals surface area contributed by atoms with Crippen molar-refractivity contribution in [3.63, 3.8) is 0 Å². The number of amides is 4. The van der Waals surface area contributed by atoms with Crippen LogP contribution in [-0.2, 0) is 35.1 Å². The second-order valence-corrected chi connectivity index (χ2v) is 19.7. The number of aliphatic hydroxyl groups excluding tert-OH is 1. The van der Waals surface area contributed by atoms with E-state index >= 15 is 0 Å². The number of aliphatic hydroxyl groups is 1. The zero-order chi connectivity index (χ0) is 50.0. The predicted molar refractivity (Wildman–Crippen MR) is 268 cm³/mol. The van der Waals surface area contributed by atoms with Crippen LogP contribution in [0.2, 0.25) is 0 Å². The van der Waals surface area contributed by atoms with Crippen LogP contribution in [-0.4, -0.2) is 132 Å². The largest absolute Gasteiger partial charge is 0.391 e. The van der Waals surface area contributed by atoms with Crippen LogP contribution in [0.15, 0.2) is 77.2 Å². The molecule has 2 fully saturated rings. The van der Waals surface area contributed by atoms with Crippen LogP contribution in [0.3, 0.4) is 0 Å². The number of aromatic nitrogens is 3. The number of thiazole rings is 1. The third kappa shape index (κ3) is 13.1. The SMILES string of the molecule is Cc1cc(C(C)Nc2ccccc2C(=O)NCCOCCOCCC(=O)N[C@H](C(=O)N2C[C@H](O)C[C@H]2C(=O)NCc2ccc(-c3scnc3C)cc2)C(C)(C)C)c2nc(N3CCOCC3)cc(=O)n2c1. The van der Waals surface area contributed by atoms with Crippen molar-refractivity contribution >= 4 is 52.1 Å². The molecular weight excluding hydrogens is 915 g/mol. The van der Waals surface area contributed by atoms with E-state index in [9.17, 15) is 29.1 Å². The van der Waals surface area contributed by atoms with Crippen LogP contribution < -0.4 is 31.7 Å². The number of carbonyl (C=O) groups is 4. The van der Waals surface area contributed by atoms with E-state index in [2.05, 4.69) is 31.2 Å². The number of fused-ring (bicyclic) bond motifs is 1. The number of para-hydroxylation sites is 1. The van der Waals surface area contributed by atoms with Crippen LogP contribution in [0, 0.1) is 19.3 Å². The molecule has 4 amide bonds. The van der Waals surface area contributed by atoms with Crippen LogP contribution in [0.25, 0.3) is 16.1 Å². The molecule has 70 heavy (non-hydrogen) atoms. The molecule has 0 saturated carbocycles. The molecule has 3 aromatic heterocycles. The van der Waals surface area contributed by atoms with Gasteiger partial charge < -0.3 is 50.4 Å². The summed E-state index contributed by atoms with van der Waals surface area (Å²) in [5, 5.41) is 22.7. The van der Waals surface area contributed by atoms with Gasteiger partial charge in [0.15, 0.2) is 0 Å². The Balaban J connectivity index is 0.823. The molecule has 5 aromatic rings. The van der Waals surface area contributed by atoms with Crippen LogP contribution in [0.1, 0.15) is 79.3 Å². The quantitative estimate of drug-likeness (QED) is 0.0685. The van der Waals surface area contributed by atoms with Gasteiger partial charge in [-0.3, -0.25) is 28.4 Å². The Labute approximate surface area is 412 Å². The third-order valence-corrected chi connectivity index (χ3v) is 13.3. The highest BCUT2D eigenvalue weighted by atomic mass is 32.1. The van der Waals surface area contributed by atoms with Gasteiger partial charge in [0.25, 0.3) is 11.5 Å². The first-order chi connectivity index (χ1) is 33.6. The molecule has 4 atom stereocenters. The molecule has 374 valence electrons. The highest BCUT2D eigenvalue weighted by Crippen LogP contribution is 2.30. The summed E-state index contributed by atoms with van der Waals surface area (Å²) >= 11 is 1.57. The van der Waals surface area contributed by atoms with Gasteiger partial charge >= 0.3 is 0 Å². The first-order valence-electron chi connectivity index (χ1n) is 23.8. The number of anilines is 2. The lowest BCUT2D eigenvalue weighted by Crippen LogP contribution is -2.57. The maximum absolute atomic E-state index is 14.0. The zero-order valence-electron chi connectivity index (χ0n) is 40.8. The second kappa shape index (κ2) is 23.6. The van der Waals surface area contributed by atoms with Gasteiger partial charge in [0.2, 0.25) is 17.7 Å². The summed E-state index contributed by atoms with van der Waals surface area (Å²) in [5.41, 5.74) is 7.15. The summed E-state index contributed by atoms with van der Waals surface area (Å²) in [7, 11) is 0. The smallest absolute Gasteiger partial charge is 0.259 e. The van der Waals surface area contributed by atoms with Crippen LogP contribution in [0.5, 0.6) is 0 Å². The van der Waals surface area contributed by atoms with Crippen LogP contribution >= 0.6 is 11.3 Å². The standard InChI is InChI=1S/C51H65N9O9S/c1-32-25-39(47-56-42(27-44(63)60(47)29-32)58-17-21-69-22-18-58)33(2)55-40-10-8-7-9-38(40)48(64)52-16-20-68-24-23-67-19-15-43(62)57-46(51(4,5)6)50(66)59-30-37(61)26-41(59)49(65)53-28-35-11-13-36(14-12-35)45-34(3)54-31-70-45/h7-14,25,27,29,31,33,37,41,46,55,61H,15-24,26,28,30H2,1-6H3,(H,52,64)(H,53,65)(H,57,62)/t33?,37-,41+,46-/m1/s1. The minimum atomic E-state index is -0.958. The normalized spacial score (nSPS) is 17.0. The molecule has 0 radical (unpaired) electrons. The number of morpholine rings is 1. The Hall–Kier alpha value is -6.25. The van der Waals surface area contributed by atoms with Crippen molar-refractivity contribution in [2.45, 2.75) is 85.2 Å². The fourth-order valence-corrected chi connectivity index (χ4v) is 9.39. The number of nitrogens with zero attached hydrogens (tertiary/aromatic N) is 5. The minimum absolute atomic E-state index is 0.0134. The van der Waals surface area contributed by atoms with Gasteiger partial charge in [-0.2, -0.15) is 0 Å². The third-order valence-electron chi connectivity index (χ3n) is 12.3. The number of likely N-dealkylation sites (tertiary alicyclic amines) is 1. The van der Waals surface area contributed by atoms with E-state index in [0.29, 0.717) is 49.0 Å². The van der Waals surface area contributed by atoms with E-state index in [4.69, 9.17) is 19.2 Å². The summed E-state index contributed by atoms with van der Waals surface area (Å²) < 4.78 is 18.4. The summed E-state index contributed by atoms with van der Waals surface area (Å²) in [5.74, 6) is -0.886. The average Bonchev–Trinajstić information content (AvgIpc) is 3.96. The lowest BCUT2D eigenvalue weighted by Gasteiger charge is -2.35. The van der Waals surface area contributed by atoms with Crippen molar-refractivity contribution in [1.29, 1.82) is 0 Å². The molecule has 0 bridgehead atoms. The first kappa shape index (κ1) is 51.6. The van der Waals surface area contributed by atoms with Crippen molar-refractivity contribution in [1.82, 2.24) is 35.2 Å². The maximum Gasteiger partial charge on any atom is 0.259 e. The molecule has 2 aliphatic rings. The summed E-state index contributed by atoms with van der Waals surface area (Å²) in [4.78, 5) is 81.0. The van der Waals surface area contributed by atoms with Crippen molar-refractivity contribution < 1.29 is 38.5 Å². The number of nitrogens with one attached hydrogen (secondary N) is 4. The Kier molecular flexibility index (Phi) is 17.4.